The summed E-state index contributed by atoms with van der Waals surface area (Å²) in [4.78, 5) is 11.8. The standard InChI is InChI=1S/C18H18F3NO2/c1-17(2,13-5-3-6-14(11-13)18(19,20)21)12-22-16(23)9-8-15-7-4-10-24-15/h3-11H,12H2,1-2H3,(H,22,23). The van der Waals surface area contributed by atoms with Gasteiger partial charge in [0, 0.05) is 18.0 Å². The zero-order chi connectivity index (χ0) is 17.8. The fourth-order valence-corrected chi connectivity index (χ4v) is 2.13. The van der Waals surface area contributed by atoms with Gasteiger partial charge in [-0.3, -0.25) is 4.79 Å². The van der Waals surface area contributed by atoms with Gasteiger partial charge in [-0.2, -0.15) is 13.2 Å². The number of hydrogen-bond donors (Lipinski definition) is 1. The lowest BCUT2D eigenvalue weighted by Gasteiger charge is -2.26. The molecule has 1 aromatic heterocycles. The summed E-state index contributed by atoms with van der Waals surface area (Å²) in [5.74, 6) is 0.203. The van der Waals surface area contributed by atoms with Crippen LogP contribution >= 0.6 is 0 Å². The Hall–Kier alpha value is -2.50. The van der Waals surface area contributed by atoms with E-state index in [1.807, 2.05) is 0 Å². The van der Waals surface area contributed by atoms with Crippen LogP contribution in [0.4, 0.5) is 13.2 Å². The van der Waals surface area contributed by atoms with Crippen LogP contribution in [0.5, 0.6) is 0 Å². The van der Waals surface area contributed by atoms with Crippen molar-refractivity contribution in [2.75, 3.05) is 6.54 Å². The Morgan fingerprint density at radius 3 is 2.50 bits per heavy atom. The minimum absolute atomic E-state index is 0.204. The maximum Gasteiger partial charge on any atom is 0.416 e. The van der Waals surface area contributed by atoms with E-state index in [-0.39, 0.29) is 12.5 Å². The van der Waals surface area contributed by atoms with Gasteiger partial charge in [0.25, 0.3) is 0 Å². The second-order valence-electron chi connectivity index (χ2n) is 6.03. The molecule has 2 rings (SSSR count). The van der Waals surface area contributed by atoms with Gasteiger partial charge in [-0.1, -0.05) is 32.0 Å². The smallest absolute Gasteiger partial charge is 0.416 e. The van der Waals surface area contributed by atoms with Crippen LogP contribution in [0.3, 0.4) is 0 Å². The summed E-state index contributed by atoms with van der Waals surface area (Å²) < 4.78 is 43.5. The van der Waals surface area contributed by atoms with Gasteiger partial charge in [-0.05, 0) is 29.8 Å². The third-order valence-electron chi connectivity index (χ3n) is 3.62. The van der Waals surface area contributed by atoms with E-state index >= 15 is 0 Å². The molecule has 1 amide bonds. The zero-order valence-electron chi connectivity index (χ0n) is 13.4. The summed E-state index contributed by atoms with van der Waals surface area (Å²) in [7, 11) is 0. The minimum atomic E-state index is -4.39. The highest BCUT2D eigenvalue weighted by atomic mass is 19.4. The van der Waals surface area contributed by atoms with Gasteiger partial charge in [-0.15, -0.1) is 0 Å². The predicted molar refractivity (Wildman–Crippen MR) is 85.2 cm³/mol. The maximum absolute atomic E-state index is 12.8. The summed E-state index contributed by atoms with van der Waals surface area (Å²) in [5.41, 5.74) is -0.833. The van der Waals surface area contributed by atoms with Gasteiger partial charge in [0.15, 0.2) is 0 Å². The van der Waals surface area contributed by atoms with Crippen molar-refractivity contribution in [3.8, 4) is 0 Å². The Bertz CT molecular complexity index is 716. The van der Waals surface area contributed by atoms with Crippen LogP contribution in [-0.2, 0) is 16.4 Å². The molecule has 24 heavy (non-hydrogen) atoms. The molecule has 0 fully saturated rings. The Labute approximate surface area is 138 Å². The molecule has 0 saturated heterocycles. The molecule has 0 radical (unpaired) electrons. The normalized spacial score (nSPS) is 12.5. The van der Waals surface area contributed by atoms with Gasteiger partial charge in [-0.25, -0.2) is 0 Å². The largest absolute Gasteiger partial charge is 0.465 e. The highest BCUT2D eigenvalue weighted by Crippen LogP contribution is 2.32. The molecule has 0 aliphatic carbocycles. The van der Waals surface area contributed by atoms with Crippen molar-refractivity contribution in [3.05, 3.63) is 65.6 Å². The lowest BCUT2D eigenvalue weighted by Crippen LogP contribution is -2.36. The van der Waals surface area contributed by atoms with E-state index in [0.29, 0.717) is 11.3 Å². The van der Waals surface area contributed by atoms with Crippen molar-refractivity contribution < 1.29 is 22.4 Å². The molecule has 0 bridgehead atoms. The maximum atomic E-state index is 12.8. The first-order valence-electron chi connectivity index (χ1n) is 7.36. The lowest BCUT2D eigenvalue weighted by atomic mass is 9.83. The molecular weight excluding hydrogens is 319 g/mol. The SMILES string of the molecule is CC(C)(CNC(=O)C=Cc1ccco1)c1cccc(C(F)(F)F)c1. The first-order chi connectivity index (χ1) is 11.2. The first kappa shape index (κ1) is 17.8. The third kappa shape index (κ3) is 4.75. The van der Waals surface area contributed by atoms with Crippen LogP contribution in [0.25, 0.3) is 6.08 Å². The third-order valence-corrected chi connectivity index (χ3v) is 3.62. The van der Waals surface area contributed by atoms with Gasteiger partial charge in [0.1, 0.15) is 5.76 Å². The number of halogens is 3. The molecule has 3 nitrogen and oxygen atoms in total. The molecule has 6 heteroatoms. The molecule has 1 N–H and O–H groups in total. The lowest BCUT2D eigenvalue weighted by molar-refractivity contribution is -0.137. The number of rotatable bonds is 5. The molecule has 128 valence electrons. The molecule has 0 atom stereocenters. The zero-order valence-corrected chi connectivity index (χ0v) is 13.4. The van der Waals surface area contributed by atoms with Crippen LogP contribution in [-0.4, -0.2) is 12.5 Å². The molecule has 0 saturated carbocycles. The molecule has 1 heterocycles. The van der Waals surface area contributed by atoms with Gasteiger partial charge in [0.05, 0.1) is 11.8 Å². The Morgan fingerprint density at radius 2 is 1.88 bits per heavy atom. The number of carbonyl (C=O) groups excluding carboxylic acids is 1. The Morgan fingerprint density at radius 1 is 1.17 bits per heavy atom. The Balaban J connectivity index is 2.02. The molecule has 0 spiro atoms. The number of furan rings is 1. The van der Waals surface area contributed by atoms with Gasteiger partial charge >= 0.3 is 6.18 Å². The van der Waals surface area contributed by atoms with Crippen LogP contribution in [0.15, 0.2) is 53.2 Å². The van der Waals surface area contributed by atoms with Crippen molar-refractivity contribution in [1.82, 2.24) is 5.32 Å². The fourth-order valence-electron chi connectivity index (χ4n) is 2.13. The van der Waals surface area contributed by atoms with E-state index in [1.165, 1.54) is 24.5 Å². The second-order valence-corrected chi connectivity index (χ2v) is 6.03. The van der Waals surface area contributed by atoms with Crippen LogP contribution < -0.4 is 5.32 Å². The summed E-state index contributed by atoms with van der Waals surface area (Å²) in [6, 6.07) is 8.55. The second kappa shape index (κ2) is 6.95. The molecule has 0 aliphatic heterocycles. The molecule has 2 aromatic rings. The van der Waals surface area contributed by atoms with Crippen molar-refractivity contribution in [2.24, 2.45) is 0 Å². The summed E-state index contributed by atoms with van der Waals surface area (Å²) in [6.45, 7) is 3.76. The topological polar surface area (TPSA) is 42.2 Å². The van der Waals surface area contributed by atoms with E-state index in [9.17, 15) is 18.0 Å². The van der Waals surface area contributed by atoms with E-state index in [1.54, 1.807) is 32.0 Å². The fraction of sp³-hybridized carbons (Fsp3) is 0.278. The number of amides is 1. The summed E-state index contributed by atoms with van der Waals surface area (Å²) in [6.07, 6.45) is -0.0525. The number of carbonyl (C=O) groups is 1. The molecule has 0 unspecified atom stereocenters. The number of hydrogen-bond acceptors (Lipinski definition) is 2. The summed E-state index contributed by atoms with van der Waals surface area (Å²) in [5, 5.41) is 2.69. The number of nitrogens with one attached hydrogen (secondary N) is 1. The summed E-state index contributed by atoms with van der Waals surface area (Å²) >= 11 is 0. The van der Waals surface area contributed by atoms with Gasteiger partial charge < -0.3 is 9.73 Å². The van der Waals surface area contributed by atoms with E-state index in [2.05, 4.69) is 5.32 Å². The van der Waals surface area contributed by atoms with E-state index < -0.39 is 17.2 Å². The van der Waals surface area contributed by atoms with E-state index in [0.717, 1.165) is 12.1 Å². The predicted octanol–water partition coefficient (Wildman–Crippen LogP) is 4.41. The molecule has 1 aromatic carbocycles. The average molecular weight is 337 g/mol. The van der Waals surface area contributed by atoms with Crippen molar-refractivity contribution in [3.63, 3.8) is 0 Å². The highest BCUT2D eigenvalue weighted by Gasteiger charge is 2.32. The monoisotopic (exact) mass is 337 g/mol. The quantitative estimate of drug-likeness (QED) is 0.822. The highest BCUT2D eigenvalue weighted by molar-refractivity contribution is 5.91. The Kier molecular flexibility index (Phi) is 5.17. The van der Waals surface area contributed by atoms with Crippen molar-refractivity contribution in [2.45, 2.75) is 25.4 Å². The van der Waals surface area contributed by atoms with Crippen LogP contribution in [0.2, 0.25) is 0 Å². The van der Waals surface area contributed by atoms with Crippen molar-refractivity contribution >= 4 is 12.0 Å². The molecule has 0 aliphatic rings. The number of benzene rings is 1. The van der Waals surface area contributed by atoms with Crippen LogP contribution in [0.1, 0.15) is 30.7 Å². The molecular formula is C18H18F3NO2. The average Bonchev–Trinajstić information content (AvgIpc) is 3.04. The van der Waals surface area contributed by atoms with Crippen LogP contribution in [0, 0.1) is 0 Å². The van der Waals surface area contributed by atoms with E-state index in [4.69, 9.17) is 4.42 Å². The van der Waals surface area contributed by atoms with Crippen molar-refractivity contribution in [1.29, 1.82) is 0 Å². The van der Waals surface area contributed by atoms with Gasteiger partial charge in [0.2, 0.25) is 5.91 Å². The number of alkyl halides is 3. The first-order valence-corrected chi connectivity index (χ1v) is 7.36. The minimum Gasteiger partial charge on any atom is -0.465 e.